The quantitative estimate of drug-likeness (QED) is 0.491. The zero-order valence-corrected chi connectivity index (χ0v) is 21.9. The monoisotopic (exact) mass is 523 g/mol. The van der Waals surface area contributed by atoms with Gasteiger partial charge in [-0.15, -0.1) is 0 Å². The number of anilines is 3. The number of rotatable bonds is 6. The molecule has 0 aliphatic carbocycles. The summed E-state index contributed by atoms with van der Waals surface area (Å²) in [5.41, 5.74) is 3.97. The van der Waals surface area contributed by atoms with Gasteiger partial charge in [-0.1, -0.05) is 35.9 Å². The van der Waals surface area contributed by atoms with Gasteiger partial charge in [0.05, 0.1) is 22.9 Å². The molecule has 1 saturated heterocycles. The molecule has 1 fully saturated rings. The Bertz CT molecular complexity index is 1260. The fourth-order valence-corrected chi connectivity index (χ4v) is 6.32. The largest absolute Gasteiger partial charge is 0.359 e. The number of piperidine rings is 1. The molecule has 2 aliphatic heterocycles. The molecule has 0 spiro atoms. The number of likely N-dealkylation sites (N-methyl/N-ethyl adjacent to an activating group) is 1. The summed E-state index contributed by atoms with van der Waals surface area (Å²) >= 11 is 6.06. The van der Waals surface area contributed by atoms with Crippen molar-refractivity contribution < 1.29 is 9.00 Å². The van der Waals surface area contributed by atoms with Gasteiger partial charge in [-0.3, -0.25) is 9.00 Å². The van der Waals surface area contributed by atoms with Crippen molar-refractivity contribution in [1.29, 1.82) is 0 Å². The van der Waals surface area contributed by atoms with E-state index in [9.17, 15) is 9.00 Å². The predicted molar refractivity (Wildman–Crippen MR) is 145 cm³/mol. The first kappa shape index (κ1) is 24.7. The highest BCUT2D eigenvalue weighted by Crippen LogP contribution is 2.34. The lowest BCUT2D eigenvalue weighted by Gasteiger charge is -2.33. The molecule has 0 radical (unpaired) electrons. The number of carbonyl (C=O) groups excluding carboxylic acids is 1. The molecule has 0 unspecified atom stereocenters. The molecule has 2 N–H and O–H groups in total. The van der Waals surface area contributed by atoms with E-state index in [-0.39, 0.29) is 5.91 Å². The van der Waals surface area contributed by atoms with Gasteiger partial charge >= 0.3 is 0 Å². The molecule has 5 rings (SSSR count). The van der Waals surface area contributed by atoms with Crippen LogP contribution in [0.4, 0.5) is 17.5 Å². The molecule has 3 heterocycles. The third-order valence-electron chi connectivity index (χ3n) is 6.87. The molecule has 2 aromatic carbocycles. The van der Waals surface area contributed by atoms with E-state index in [0.717, 1.165) is 65.6 Å². The van der Waals surface area contributed by atoms with Crippen LogP contribution in [0.5, 0.6) is 0 Å². The molecule has 9 heteroatoms. The molecule has 1 aromatic heterocycles. The van der Waals surface area contributed by atoms with Gasteiger partial charge in [0.25, 0.3) is 0 Å². The van der Waals surface area contributed by atoms with E-state index in [1.54, 1.807) is 7.05 Å². The summed E-state index contributed by atoms with van der Waals surface area (Å²) in [7, 11) is 0.504. The summed E-state index contributed by atoms with van der Waals surface area (Å²) in [6.45, 7) is 1.73. The van der Waals surface area contributed by atoms with Crippen molar-refractivity contribution in [2.75, 3.05) is 36.1 Å². The normalized spacial score (nSPS) is 17.9. The molecule has 2 aliphatic rings. The topological polar surface area (TPSA) is 87.2 Å². The highest BCUT2D eigenvalue weighted by Gasteiger charge is 2.27. The summed E-state index contributed by atoms with van der Waals surface area (Å²) in [5.74, 6) is 2.41. The van der Waals surface area contributed by atoms with Gasteiger partial charge in [-0.05, 0) is 67.0 Å². The first-order chi connectivity index (χ1) is 17.5. The SMILES string of the molecule is CNC(=O)Cc1ccc(Nc2nc(N3CCC(c4ccc(Cl)cc4)CC3)nc3c2[S@](=O)CCC3)cc1. The number of nitrogens with zero attached hydrogens (tertiary/aromatic N) is 3. The second kappa shape index (κ2) is 11.0. The molecule has 188 valence electrons. The Kier molecular flexibility index (Phi) is 7.53. The van der Waals surface area contributed by atoms with Gasteiger partial charge in [-0.25, -0.2) is 4.98 Å². The van der Waals surface area contributed by atoms with Crippen molar-refractivity contribution in [1.82, 2.24) is 15.3 Å². The molecule has 36 heavy (non-hydrogen) atoms. The Balaban J connectivity index is 1.36. The van der Waals surface area contributed by atoms with E-state index in [0.29, 0.717) is 29.9 Å². The third-order valence-corrected chi connectivity index (χ3v) is 8.67. The van der Waals surface area contributed by atoms with Gasteiger partial charge in [0.2, 0.25) is 11.9 Å². The van der Waals surface area contributed by atoms with Gasteiger partial charge in [-0.2, -0.15) is 4.98 Å². The first-order valence-corrected chi connectivity index (χ1v) is 14.1. The van der Waals surface area contributed by atoms with Crippen molar-refractivity contribution in [3.8, 4) is 0 Å². The number of carbonyl (C=O) groups is 1. The minimum absolute atomic E-state index is 0.0274. The molecule has 7 nitrogen and oxygen atoms in total. The molecule has 0 bridgehead atoms. The van der Waals surface area contributed by atoms with Crippen LogP contribution in [0.3, 0.4) is 0 Å². The van der Waals surface area contributed by atoms with Crippen molar-refractivity contribution in [3.63, 3.8) is 0 Å². The lowest BCUT2D eigenvalue weighted by molar-refractivity contribution is -0.119. The maximum Gasteiger partial charge on any atom is 0.227 e. The summed E-state index contributed by atoms with van der Waals surface area (Å²) in [4.78, 5) is 24.4. The van der Waals surface area contributed by atoms with Crippen molar-refractivity contribution in [2.45, 2.75) is 42.9 Å². The molecule has 1 atom stereocenters. The number of nitrogens with one attached hydrogen (secondary N) is 2. The van der Waals surface area contributed by atoms with Crippen LogP contribution in [0.1, 0.15) is 42.0 Å². The van der Waals surface area contributed by atoms with Gasteiger partial charge < -0.3 is 15.5 Å². The molecular formula is C27H30ClN5O2S. The second-order valence-electron chi connectivity index (χ2n) is 9.29. The Labute approximate surface area is 219 Å². The third kappa shape index (κ3) is 5.55. The number of aromatic nitrogens is 2. The van der Waals surface area contributed by atoms with Crippen LogP contribution in [0.25, 0.3) is 0 Å². The number of amides is 1. The van der Waals surface area contributed by atoms with Gasteiger partial charge in [0.1, 0.15) is 4.90 Å². The highest BCUT2D eigenvalue weighted by atomic mass is 35.5. The second-order valence-corrected chi connectivity index (χ2v) is 11.2. The minimum Gasteiger partial charge on any atom is -0.359 e. The maximum absolute atomic E-state index is 12.9. The average molecular weight is 524 g/mol. The Morgan fingerprint density at radius 3 is 2.50 bits per heavy atom. The van der Waals surface area contributed by atoms with Crippen molar-refractivity contribution >= 4 is 45.8 Å². The van der Waals surface area contributed by atoms with Gasteiger partial charge in [0, 0.05) is 36.6 Å². The van der Waals surface area contributed by atoms with E-state index in [1.807, 2.05) is 36.4 Å². The minimum atomic E-state index is -1.13. The highest BCUT2D eigenvalue weighted by molar-refractivity contribution is 7.85. The fourth-order valence-electron chi connectivity index (χ4n) is 4.86. The molecular weight excluding hydrogens is 494 g/mol. The zero-order valence-electron chi connectivity index (χ0n) is 20.3. The Morgan fingerprint density at radius 2 is 1.81 bits per heavy atom. The summed E-state index contributed by atoms with van der Waals surface area (Å²) in [6, 6.07) is 15.9. The van der Waals surface area contributed by atoms with Crippen LogP contribution in [0.2, 0.25) is 5.02 Å². The number of hydrogen-bond acceptors (Lipinski definition) is 6. The van der Waals surface area contributed by atoms with Gasteiger partial charge in [0.15, 0.2) is 5.82 Å². The Hall–Kier alpha value is -2.97. The number of fused-ring (bicyclic) bond motifs is 1. The van der Waals surface area contributed by atoms with Crippen molar-refractivity contribution in [2.24, 2.45) is 0 Å². The standard InChI is InChI=1S/C27H30ClN5O2S/c1-29-24(34)17-18-4-10-22(11-5-18)30-26-25-23(3-2-16-36(25)35)31-27(32-26)33-14-12-20(13-15-33)19-6-8-21(28)9-7-19/h4-11,20H,2-3,12-17H2,1H3,(H,29,34)(H,30,31,32)/t36-/m1/s1. The Morgan fingerprint density at radius 1 is 1.08 bits per heavy atom. The smallest absolute Gasteiger partial charge is 0.227 e. The van der Waals surface area contributed by atoms with Crippen LogP contribution < -0.4 is 15.5 Å². The lowest BCUT2D eigenvalue weighted by Crippen LogP contribution is -2.35. The lowest BCUT2D eigenvalue weighted by atomic mass is 9.89. The van der Waals surface area contributed by atoms with E-state index in [1.165, 1.54) is 5.56 Å². The first-order valence-electron chi connectivity index (χ1n) is 12.4. The molecule has 0 saturated carbocycles. The number of benzene rings is 2. The summed E-state index contributed by atoms with van der Waals surface area (Å²) < 4.78 is 12.9. The van der Waals surface area contributed by atoms with Crippen LogP contribution in [0.15, 0.2) is 53.4 Å². The van der Waals surface area contributed by atoms with Crippen molar-refractivity contribution in [3.05, 3.63) is 70.4 Å². The maximum atomic E-state index is 12.9. The van der Waals surface area contributed by atoms with E-state index >= 15 is 0 Å². The van der Waals surface area contributed by atoms with E-state index in [4.69, 9.17) is 21.6 Å². The number of aryl methyl sites for hydroxylation is 1. The van der Waals surface area contributed by atoms with Crippen LogP contribution in [-0.4, -0.2) is 46.0 Å². The van der Waals surface area contributed by atoms with Crippen LogP contribution >= 0.6 is 11.6 Å². The van der Waals surface area contributed by atoms with E-state index in [2.05, 4.69) is 27.7 Å². The van der Waals surface area contributed by atoms with Crippen LogP contribution in [0, 0.1) is 0 Å². The predicted octanol–water partition coefficient (Wildman–Crippen LogP) is 4.60. The number of hydrogen-bond donors (Lipinski definition) is 2. The molecule has 1 amide bonds. The summed E-state index contributed by atoms with van der Waals surface area (Å²) in [5, 5.41) is 6.80. The summed E-state index contributed by atoms with van der Waals surface area (Å²) in [6.07, 6.45) is 4.03. The fraction of sp³-hybridized carbons (Fsp3) is 0.370. The molecule has 3 aromatic rings. The average Bonchev–Trinajstić information content (AvgIpc) is 2.90. The number of halogens is 1. The van der Waals surface area contributed by atoms with Crippen LogP contribution in [-0.2, 0) is 28.4 Å². The van der Waals surface area contributed by atoms with E-state index < -0.39 is 10.8 Å². The zero-order chi connectivity index (χ0) is 25.1.